The number of fused-ring (bicyclic) bond motifs is 4. The molecule has 2 aliphatic heterocycles. The number of thiophene rings is 1. The Morgan fingerprint density at radius 3 is 2.78 bits per heavy atom. The van der Waals surface area contributed by atoms with Crippen molar-refractivity contribution in [2.45, 2.75) is 25.4 Å². The van der Waals surface area contributed by atoms with E-state index in [9.17, 15) is 14.8 Å². The molecule has 0 bridgehead atoms. The van der Waals surface area contributed by atoms with Crippen molar-refractivity contribution in [2.75, 3.05) is 37.8 Å². The van der Waals surface area contributed by atoms with Crippen molar-refractivity contribution >= 4 is 54.9 Å². The number of likely N-dealkylation sites (N-methyl/N-ethyl adjacent to an activating group) is 1. The molecule has 3 aromatic heterocycles. The maximum atomic E-state index is 14.7. The van der Waals surface area contributed by atoms with Crippen LogP contribution in [0, 0.1) is 17.1 Å². The molecule has 12 heteroatoms. The zero-order valence-electron chi connectivity index (χ0n) is 19.4. The summed E-state index contributed by atoms with van der Waals surface area (Å²) in [7, 11) is 3.85. The van der Waals surface area contributed by atoms with Gasteiger partial charge in [0.15, 0.2) is 5.82 Å². The average Bonchev–Trinajstić information content (AvgIpc) is 3.57. The van der Waals surface area contributed by atoms with Crippen molar-refractivity contribution < 1.29 is 14.2 Å². The van der Waals surface area contributed by atoms with Crippen molar-refractivity contribution in [3.8, 4) is 17.3 Å². The van der Waals surface area contributed by atoms with Crippen LogP contribution >= 0.6 is 22.9 Å². The summed E-state index contributed by atoms with van der Waals surface area (Å²) in [6, 6.07) is 2.04. The van der Waals surface area contributed by atoms with Crippen LogP contribution in [0.3, 0.4) is 0 Å². The minimum Gasteiger partial charge on any atom is -0.390 e. The van der Waals surface area contributed by atoms with Crippen molar-refractivity contribution in [3.63, 3.8) is 0 Å². The number of aromatic nitrogens is 3. The fourth-order valence-corrected chi connectivity index (χ4v) is 6.40. The van der Waals surface area contributed by atoms with Gasteiger partial charge in [0, 0.05) is 35.6 Å². The maximum absolute atomic E-state index is 14.7. The Morgan fingerprint density at radius 1 is 1.28 bits per heavy atom. The number of halogens is 2. The number of rotatable bonds is 3. The smallest absolute Gasteiger partial charge is 0.226 e. The summed E-state index contributed by atoms with van der Waals surface area (Å²) in [5, 5.41) is 21.9. The van der Waals surface area contributed by atoms with Gasteiger partial charge in [-0.15, -0.1) is 11.3 Å². The standard InChI is InChI=1S/C24H21ClFN7O2S/c1-32(2)15-6-33(7-16(15)34)24-30-4-11-12-8-35-9-13(12)17(19(25)20(11)31-24)21-18-10(3-27)23(28)36-22(18)14(26)5-29-21/h4-5,15-16,34H,6-9,28H2,1-2H3/t15-,16+/m0/s1. The molecule has 0 amide bonds. The lowest BCUT2D eigenvalue weighted by molar-refractivity contribution is 0.114. The van der Waals surface area contributed by atoms with E-state index in [1.165, 1.54) is 0 Å². The Balaban J connectivity index is 1.59. The largest absolute Gasteiger partial charge is 0.390 e. The van der Waals surface area contributed by atoms with Crippen molar-refractivity contribution in [2.24, 2.45) is 0 Å². The van der Waals surface area contributed by atoms with Gasteiger partial charge in [0.05, 0.1) is 58.1 Å². The fraction of sp³-hybridized carbons (Fsp3) is 0.333. The fourth-order valence-electron chi connectivity index (χ4n) is 5.13. The summed E-state index contributed by atoms with van der Waals surface area (Å²) < 4.78 is 20.7. The van der Waals surface area contributed by atoms with Gasteiger partial charge >= 0.3 is 0 Å². The van der Waals surface area contributed by atoms with E-state index in [0.29, 0.717) is 52.8 Å². The third kappa shape index (κ3) is 3.33. The van der Waals surface area contributed by atoms with E-state index in [-0.39, 0.29) is 27.9 Å². The summed E-state index contributed by atoms with van der Waals surface area (Å²) in [5.74, 6) is -0.100. The number of ether oxygens (including phenoxy) is 1. The highest BCUT2D eigenvalue weighted by atomic mass is 35.5. The second-order valence-corrected chi connectivity index (χ2v) is 10.6. The topological polar surface area (TPSA) is 124 Å². The molecule has 0 aliphatic carbocycles. The number of anilines is 2. The third-order valence-corrected chi connectivity index (χ3v) is 8.33. The van der Waals surface area contributed by atoms with E-state index < -0.39 is 11.9 Å². The molecule has 0 unspecified atom stereocenters. The lowest BCUT2D eigenvalue weighted by Crippen LogP contribution is -2.38. The number of pyridine rings is 1. The molecule has 3 N–H and O–H groups in total. The Bertz CT molecular complexity index is 1600. The first-order valence-corrected chi connectivity index (χ1v) is 12.4. The number of hydrogen-bond acceptors (Lipinski definition) is 10. The minimum absolute atomic E-state index is 0.0473. The maximum Gasteiger partial charge on any atom is 0.226 e. The van der Waals surface area contributed by atoms with Crippen LogP contribution in [0.5, 0.6) is 0 Å². The zero-order chi connectivity index (χ0) is 25.3. The second kappa shape index (κ2) is 8.47. The van der Waals surface area contributed by atoms with Gasteiger partial charge in [0.25, 0.3) is 0 Å². The van der Waals surface area contributed by atoms with Crippen LogP contribution in [0.25, 0.3) is 32.2 Å². The van der Waals surface area contributed by atoms with Crippen LogP contribution in [0.4, 0.5) is 15.3 Å². The molecule has 1 saturated heterocycles. The Kier molecular flexibility index (Phi) is 5.47. The lowest BCUT2D eigenvalue weighted by Gasteiger charge is -2.21. The van der Waals surface area contributed by atoms with E-state index >= 15 is 0 Å². The van der Waals surface area contributed by atoms with E-state index in [1.54, 1.807) is 6.20 Å². The third-order valence-electron chi connectivity index (χ3n) is 6.94. The molecule has 1 fully saturated rings. The SMILES string of the molecule is CN(C)[C@H]1CN(c2ncc3c4c(c(-c5ncc(F)c6sc(N)c(C#N)c56)c(Cl)c3n2)COC4)C[C@H]1O. The summed E-state index contributed by atoms with van der Waals surface area (Å²) in [4.78, 5) is 17.7. The van der Waals surface area contributed by atoms with Gasteiger partial charge in [0.1, 0.15) is 11.1 Å². The van der Waals surface area contributed by atoms with Gasteiger partial charge in [-0.3, -0.25) is 4.98 Å². The average molecular weight is 526 g/mol. The number of nitrogens with two attached hydrogens (primary N) is 1. The molecule has 9 nitrogen and oxygen atoms in total. The second-order valence-electron chi connectivity index (χ2n) is 9.19. The molecule has 1 aromatic carbocycles. The minimum atomic E-state index is -0.551. The molecular weight excluding hydrogens is 505 g/mol. The van der Waals surface area contributed by atoms with Crippen LogP contribution in [0.2, 0.25) is 5.02 Å². The highest BCUT2D eigenvalue weighted by Crippen LogP contribution is 2.47. The molecular formula is C24H21ClFN7O2S. The van der Waals surface area contributed by atoms with E-state index in [4.69, 9.17) is 27.1 Å². The van der Waals surface area contributed by atoms with Gasteiger partial charge in [-0.25, -0.2) is 14.4 Å². The first-order valence-electron chi connectivity index (χ1n) is 11.2. The first-order chi connectivity index (χ1) is 17.3. The molecule has 5 heterocycles. The monoisotopic (exact) mass is 525 g/mol. The normalized spacial score (nSPS) is 19.5. The number of β-amino-alcohol motifs (C(OH)–C–C–N with tert-alkyl or cyclic N) is 1. The summed E-state index contributed by atoms with van der Waals surface area (Å²) >= 11 is 8.03. The zero-order valence-corrected chi connectivity index (χ0v) is 21.0. The van der Waals surface area contributed by atoms with Crippen molar-refractivity contribution in [1.29, 1.82) is 5.26 Å². The molecule has 2 aliphatic rings. The number of benzene rings is 1. The van der Waals surface area contributed by atoms with E-state index in [0.717, 1.165) is 34.0 Å². The van der Waals surface area contributed by atoms with Crippen LogP contribution < -0.4 is 10.6 Å². The number of aliphatic hydroxyl groups excluding tert-OH is 1. The molecule has 0 spiro atoms. The number of nitriles is 1. The number of nitrogen functional groups attached to an aromatic ring is 1. The summed E-state index contributed by atoms with van der Waals surface area (Å²) in [6.07, 6.45) is 2.31. The van der Waals surface area contributed by atoms with Crippen LogP contribution in [0.1, 0.15) is 16.7 Å². The Morgan fingerprint density at radius 2 is 2.06 bits per heavy atom. The van der Waals surface area contributed by atoms with Crippen LogP contribution in [-0.4, -0.2) is 64.3 Å². The summed E-state index contributed by atoms with van der Waals surface area (Å²) in [5.41, 5.74) is 9.33. The summed E-state index contributed by atoms with van der Waals surface area (Å²) in [6.45, 7) is 1.59. The Labute approximate surface area is 214 Å². The molecule has 6 rings (SSSR count). The van der Waals surface area contributed by atoms with Gasteiger partial charge < -0.3 is 25.4 Å². The first kappa shape index (κ1) is 23.3. The predicted octanol–water partition coefficient (Wildman–Crippen LogP) is 3.29. The van der Waals surface area contributed by atoms with Gasteiger partial charge in [-0.05, 0) is 25.2 Å². The highest BCUT2D eigenvalue weighted by molar-refractivity contribution is 7.23. The lowest BCUT2D eigenvalue weighted by atomic mass is 9.94. The van der Waals surface area contributed by atoms with Crippen molar-refractivity contribution in [3.05, 3.63) is 39.9 Å². The molecule has 0 saturated carbocycles. The molecule has 0 radical (unpaired) electrons. The molecule has 4 aromatic rings. The van der Waals surface area contributed by atoms with Gasteiger partial charge in [0.2, 0.25) is 5.95 Å². The van der Waals surface area contributed by atoms with Gasteiger partial charge in [-0.2, -0.15) is 5.26 Å². The molecule has 2 atom stereocenters. The number of hydrogen-bond donors (Lipinski definition) is 2. The van der Waals surface area contributed by atoms with Gasteiger partial charge in [-0.1, -0.05) is 11.6 Å². The van der Waals surface area contributed by atoms with Crippen molar-refractivity contribution in [1.82, 2.24) is 19.9 Å². The highest BCUT2D eigenvalue weighted by Gasteiger charge is 2.35. The van der Waals surface area contributed by atoms with E-state index in [1.807, 2.05) is 23.9 Å². The number of nitrogens with zero attached hydrogens (tertiary/aromatic N) is 6. The quantitative estimate of drug-likeness (QED) is 0.414. The van der Waals surface area contributed by atoms with Crippen LogP contribution in [-0.2, 0) is 18.0 Å². The Hall–Kier alpha value is -3.14. The predicted molar refractivity (Wildman–Crippen MR) is 136 cm³/mol. The van der Waals surface area contributed by atoms with Crippen LogP contribution in [0.15, 0.2) is 12.4 Å². The molecule has 36 heavy (non-hydrogen) atoms. The van der Waals surface area contributed by atoms with E-state index in [2.05, 4.69) is 16.0 Å². The number of aliphatic hydroxyl groups is 1. The molecule has 184 valence electrons.